The van der Waals surface area contributed by atoms with E-state index in [0.29, 0.717) is 0 Å². The first kappa shape index (κ1) is 6.10. The molecule has 0 fully saturated rings. The van der Waals surface area contributed by atoms with Gasteiger partial charge in [0.05, 0.1) is 5.29 Å². The molecule has 0 aromatic heterocycles. The molecule has 0 spiro atoms. The van der Waals surface area contributed by atoms with Crippen molar-refractivity contribution in [3.8, 4) is 0 Å². The quantitative estimate of drug-likeness (QED) is 0.271. The standard InChI is InChI=1S/C2H8N2OSi/c1-2(3,4)6-5/h5H,3-4H2,1H3. The summed E-state index contributed by atoms with van der Waals surface area (Å²) in [7, 11) is -0.377. The minimum absolute atomic E-state index is 0.377. The Balaban J connectivity index is 3.17. The Morgan fingerprint density at radius 3 is 1.83 bits per heavy atom. The van der Waals surface area contributed by atoms with Crippen LogP contribution in [0.5, 0.6) is 0 Å². The number of hydrogen-bond acceptors (Lipinski definition) is 3. The van der Waals surface area contributed by atoms with E-state index in [-0.39, 0.29) is 9.76 Å². The third-order valence-corrected chi connectivity index (χ3v) is 0.723. The molecule has 0 saturated heterocycles. The predicted molar refractivity (Wildman–Crippen MR) is 24.8 cm³/mol. The highest BCUT2D eigenvalue weighted by atomic mass is 28.2. The zero-order chi connectivity index (χ0) is 5.21. The second-order valence-electron chi connectivity index (χ2n) is 1.39. The zero-order valence-electron chi connectivity index (χ0n) is 3.60. The van der Waals surface area contributed by atoms with Gasteiger partial charge in [-0.3, -0.25) is 0 Å². The zero-order valence-corrected chi connectivity index (χ0v) is 4.60. The van der Waals surface area contributed by atoms with Crippen molar-refractivity contribution in [3.63, 3.8) is 0 Å². The molecular formula is C2H8N2OSi. The Morgan fingerprint density at radius 1 is 1.67 bits per heavy atom. The van der Waals surface area contributed by atoms with Crippen LogP contribution in [0.15, 0.2) is 0 Å². The number of rotatable bonds is 1. The molecule has 6 heavy (non-hydrogen) atoms. The second-order valence-corrected chi connectivity index (χ2v) is 2.70. The summed E-state index contributed by atoms with van der Waals surface area (Å²) in [5.41, 5.74) is 10.1. The Bertz CT molecular complexity index is 41.3. The van der Waals surface area contributed by atoms with E-state index < -0.39 is 5.29 Å². The van der Waals surface area contributed by atoms with Crippen molar-refractivity contribution < 1.29 is 4.80 Å². The summed E-state index contributed by atoms with van der Waals surface area (Å²) in [6.45, 7) is 1.56. The molecule has 0 aliphatic carbocycles. The fourth-order valence-electron chi connectivity index (χ4n) is 0. The van der Waals surface area contributed by atoms with Crippen LogP contribution in [0.4, 0.5) is 0 Å². The lowest BCUT2D eigenvalue weighted by atomic mass is 10.6. The van der Waals surface area contributed by atoms with E-state index in [9.17, 15) is 0 Å². The maximum absolute atomic E-state index is 8.18. The molecule has 0 saturated carbocycles. The Labute approximate surface area is 39.3 Å². The second kappa shape index (κ2) is 1.70. The van der Waals surface area contributed by atoms with Crippen LogP contribution in [0.2, 0.25) is 0 Å². The largest absolute Gasteiger partial charge is 0.429 e. The van der Waals surface area contributed by atoms with E-state index in [4.69, 9.17) is 16.3 Å². The lowest BCUT2D eigenvalue weighted by Crippen LogP contribution is -2.51. The van der Waals surface area contributed by atoms with E-state index in [1.165, 1.54) is 0 Å². The van der Waals surface area contributed by atoms with Gasteiger partial charge in [0.1, 0.15) is 0 Å². The summed E-state index contributed by atoms with van der Waals surface area (Å²) in [6, 6.07) is 0. The van der Waals surface area contributed by atoms with Crippen molar-refractivity contribution in [2.24, 2.45) is 11.5 Å². The lowest BCUT2D eigenvalue weighted by Gasteiger charge is -2.10. The molecule has 0 bridgehead atoms. The van der Waals surface area contributed by atoms with Crippen LogP contribution in [0.3, 0.4) is 0 Å². The van der Waals surface area contributed by atoms with Crippen LogP contribution in [-0.4, -0.2) is 19.8 Å². The molecular weight excluding hydrogens is 96.1 g/mol. The van der Waals surface area contributed by atoms with Gasteiger partial charge in [0.15, 0.2) is 0 Å². The number of hydrogen-bond donors (Lipinski definition) is 3. The maximum Gasteiger partial charge on any atom is 0.264 e. The van der Waals surface area contributed by atoms with Crippen molar-refractivity contribution in [1.29, 1.82) is 0 Å². The summed E-state index contributed by atoms with van der Waals surface area (Å²) in [5, 5.41) is -0.875. The highest BCUT2D eigenvalue weighted by Crippen LogP contribution is 1.75. The monoisotopic (exact) mass is 104 g/mol. The molecule has 0 heterocycles. The summed E-state index contributed by atoms with van der Waals surface area (Å²) >= 11 is 0. The van der Waals surface area contributed by atoms with Gasteiger partial charge < -0.3 is 16.3 Å². The van der Waals surface area contributed by atoms with Gasteiger partial charge in [0.25, 0.3) is 9.76 Å². The van der Waals surface area contributed by atoms with Crippen LogP contribution >= 0.6 is 0 Å². The molecule has 0 aromatic carbocycles. The van der Waals surface area contributed by atoms with Gasteiger partial charge in [-0.25, -0.2) is 0 Å². The molecule has 3 nitrogen and oxygen atoms in total. The fourth-order valence-corrected chi connectivity index (χ4v) is 0. The van der Waals surface area contributed by atoms with Crippen molar-refractivity contribution >= 4 is 9.76 Å². The fraction of sp³-hybridized carbons (Fsp3) is 1.00. The SMILES string of the molecule is CC(N)(N)[Si]O. The van der Waals surface area contributed by atoms with Gasteiger partial charge >= 0.3 is 0 Å². The first-order chi connectivity index (χ1) is 2.56. The van der Waals surface area contributed by atoms with Crippen LogP contribution in [0.25, 0.3) is 0 Å². The molecule has 36 valence electrons. The third kappa shape index (κ3) is 4.10. The molecule has 4 heteroatoms. The molecule has 5 N–H and O–H groups in total. The first-order valence-electron chi connectivity index (χ1n) is 1.55. The average molecular weight is 104 g/mol. The Hall–Kier alpha value is 0.0969. The molecule has 2 radical (unpaired) electrons. The van der Waals surface area contributed by atoms with E-state index in [1.54, 1.807) is 6.92 Å². The van der Waals surface area contributed by atoms with Gasteiger partial charge in [-0.2, -0.15) is 0 Å². The van der Waals surface area contributed by atoms with Crippen LogP contribution in [-0.2, 0) is 0 Å². The van der Waals surface area contributed by atoms with Crippen molar-refractivity contribution in [2.75, 3.05) is 0 Å². The van der Waals surface area contributed by atoms with Crippen LogP contribution in [0, 0.1) is 0 Å². The van der Waals surface area contributed by atoms with E-state index in [2.05, 4.69) is 0 Å². The van der Waals surface area contributed by atoms with Gasteiger partial charge in [0, 0.05) is 0 Å². The van der Waals surface area contributed by atoms with Crippen molar-refractivity contribution in [2.45, 2.75) is 12.2 Å². The van der Waals surface area contributed by atoms with Gasteiger partial charge in [0.2, 0.25) is 0 Å². The molecule has 0 aliphatic rings. The molecule has 0 aliphatic heterocycles. The summed E-state index contributed by atoms with van der Waals surface area (Å²) in [5.74, 6) is 0. The van der Waals surface area contributed by atoms with Gasteiger partial charge in [-0.05, 0) is 6.92 Å². The number of nitrogens with two attached hydrogens (primary N) is 2. The summed E-state index contributed by atoms with van der Waals surface area (Å²) < 4.78 is 0. The molecule has 0 rings (SSSR count). The van der Waals surface area contributed by atoms with E-state index in [0.717, 1.165) is 0 Å². The van der Waals surface area contributed by atoms with E-state index in [1.807, 2.05) is 0 Å². The molecule has 0 amide bonds. The lowest BCUT2D eigenvalue weighted by molar-refractivity contribution is 0.528. The minimum atomic E-state index is -0.875. The Kier molecular flexibility index (Phi) is 1.73. The smallest absolute Gasteiger partial charge is 0.264 e. The highest BCUT2D eigenvalue weighted by molar-refractivity contribution is 6.29. The highest BCUT2D eigenvalue weighted by Gasteiger charge is 2.09. The topological polar surface area (TPSA) is 72.3 Å². The van der Waals surface area contributed by atoms with E-state index >= 15 is 0 Å². The van der Waals surface area contributed by atoms with Gasteiger partial charge in [-0.15, -0.1) is 0 Å². The maximum atomic E-state index is 8.18. The van der Waals surface area contributed by atoms with Crippen LogP contribution in [0.1, 0.15) is 6.92 Å². The third-order valence-electron chi connectivity index (χ3n) is 0.241. The molecule has 0 aromatic rings. The average Bonchev–Trinajstić information content (AvgIpc) is 1.35. The van der Waals surface area contributed by atoms with Crippen molar-refractivity contribution in [1.82, 2.24) is 0 Å². The predicted octanol–water partition coefficient (Wildman–Crippen LogP) is -1.81. The van der Waals surface area contributed by atoms with Crippen LogP contribution < -0.4 is 11.5 Å². The summed E-state index contributed by atoms with van der Waals surface area (Å²) in [4.78, 5) is 8.18. The molecule has 0 atom stereocenters. The normalized spacial score (nSPS) is 12.0. The Morgan fingerprint density at radius 2 is 1.83 bits per heavy atom. The molecule has 0 unspecified atom stereocenters. The van der Waals surface area contributed by atoms with Gasteiger partial charge in [-0.1, -0.05) is 0 Å². The van der Waals surface area contributed by atoms with Crippen molar-refractivity contribution in [3.05, 3.63) is 0 Å². The minimum Gasteiger partial charge on any atom is -0.429 e. The first-order valence-corrected chi connectivity index (χ1v) is 2.50. The summed E-state index contributed by atoms with van der Waals surface area (Å²) in [6.07, 6.45) is 0.